The molecule has 4 aliphatic carbocycles. The first kappa shape index (κ1) is 45.9. The molecule has 316 valence electrons. The molecule has 0 saturated heterocycles. The summed E-state index contributed by atoms with van der Waals surface area (Å²) in [7, 11) is -5.60. The average Bonchev–Trinajstić information content (AvgIpc) is 3.18. The molecule has 4 aliphatic rings. The maximum absolute atomic E-state index is 13.1. The summed E-state index contributed by atoms with van der Waals surface area (Å²) in [6.45, 7) is 2.96. The molecule has 0 aromatic carbocycles. The van der Waals surface area contributed by atoms with E-state index in [0.29, 0.717) is 19.3 Å². The smallest absolute Gasteiger partial charge is 0.364 e. The van der Waals surface area contributed by atoms with Crippen molar-refractivity contribution in [3.8, 4) is 0 Å². The van der Waals surface area contributed by atoms with Crippen LogP contribution >= 0.6 is 16.1 Å². The summed E-state index contributed by atoms with van der Waals surface area (Å²) in [6, 6.07) is 0. The highest BCUT2D eigenvalue weighted by atomic mass is 31.1. The van der Waals surface area contributed by atoms with E-state index >= 15 is 0 Å². The van der Waals surface area contributed by atoms with E-state index < -0.39 is 64.7 Å². The van der Waals surface area contributed by atoms with Crippen molar-refractivity contribution in [3.63, 3.8) is 0 Å². The van der Waals surface area contributed by atoms with Gasteiger partial charge in [0.15, 0.2) is 28.3 Å². The van der Waals surface area contributed by atoms with Crippen molar-refractivity contribution in [2.45, 2.75) is 211 Å². The number of unbranched alkanes of at least 4 members (excludes halogenated alkanes) is 2. The maximum Gasteiger partial charge on any atom is 0.364 e. The molecule has 0 aliphatic heterocycles. The third kappa shape index (κ3) is 17.7. The summed E-state index contributed by atoms with van der Waals surface area (Å²) in [6.07, 6.45) is 13.2. The van der Waals surface area contributed by atoms with Crippen LogP contribution in [0.4, 0.5) is 0 Å². The maximum atomic E-state index is 13.1. The van der Waals surface area contributed by atoms with Gasteiger partial charge in [-0.25, -0.2) is 19.2 Å². The zero-order valence-electron chi connectivity index (χ0n) is 33.0. The number of hydrogen-bond donors (Lipinski definition) is 0. The lowest BCUT2D eigenvalue weighted by atomic mass is 9.98. The Hall–Kier alpha value is -1.82. The molecule has 0 bridgehead atoms. The van der Waals surface area contributed by atoms with Crippen LogP contribution in [0.1, 0.15) is 162 Å². The first-order valence-electron chi connectivity index (χ1n) is 21.1. The molecule has 14 nitrogen and oxygen atoms in total. The molecule has 16 heteroatoms. The number of carbonyl (C=O) groups is 4. The number of hydrogen-bond acceptors (Lipinski definition) is 14. The molecule has 0 heterocycles. The predicted molar refractivity (Wildman–Crippen MR) is 204 cm³/mol. The van der Waals surface area contributed by atoms with Crippen LogP contribution in [0.2, 0.25) is 0 Å². The summed E-state index contributed by atoms with van der Waals surface area (Å²) in [4.78, 5) is 51.8. The quantitative estimate of drug-likeness (QED) is 0.0336. The van der Waals surface area contributed by atoms with Crippen molar-refractivity contribution in [3.05, 3.63) is 0 Å². The normalized spacial score (nSPS) is 22.7. The van der Waals surface area contributed by atoms with Crippen LogP contribution < -0.4 is 0 Å². The second-order valence-corrected chi connectivity index (χ2v) is 18.5. The van der Waals surface area contributed by atoms with Crippen molar-refractivity contribution >= 4 is 39.9 Å². The second-order valence-electron chi connectivity index (χ2n) is 15.5. The van der Waals surface area contributed by atoms with Gasteiger partial charge in [-0.05, 0) is 129 Å². The van der Waals surface area contributed by atoms with Crippen LogP contribution in [0, 0.1) is 0 Å². The highest BCUT2D eigenvalue weighted by Crippen LogP contribution is 2.33. The molecule has 4 fully saturated rings. The Morgan fingerprint density at radius 3 is 1.00 bits per heavy atom. The molecule has 6 unspecified atom stereocenters. The largest absolute Gasteiger partial charge is 0.460 e. The highest BCUT2D eigenvalue weighted by molar-refractivity contribution is 7.39. The molecule has 0 radical (unpaired) electrons. The lowest BCUT2D eigenvalue weighted by Crippen LogP contribution is -2.38. The van der Waals surface area contributed by atoms with Crippen molar-refractivity contribution in [2.24, 2.45) is 0 Å². The van der Waals surface area contributed by atoms with Crippen molar-refractivity contribution in [1.82, 2.24) is 0 Å². The third-order valence-corrected chi connectivity index (χ3v) is 13.3. The van der Waals surface area contributed by atoms with Gasteiger partial charge in [-0.3, -0.25) is 18.2 Å². The Balaban J connectivity index is 1.22. The zero-order chi connectivity index (χ0) is 39.4. The van der Waals surface area contributed by atoms with E-state index in [4.69, 9.17) is 37.5 Å². The molecule has 55 heavy (non-hydrogen) atoms. The van der Waals surface area contributed by atoms with Crippen LogP contribution in [0.5, 0.6) is 0 Å². The molecule has 4 rings (SSSR count). The Bertz CT molecular complexity index is 1130. The number of ether oxygens (including phenoxy) is 6. The first-order chi connectivity index (χ1) is 26.6. The van der Waals surface area contributed by atoms with Gasteiger partial charge in [0.25, 0.3) is 12.6 Å². The zero-order valence-corrected chi connectivity index (χ0v) is 35.0. The topological polar surface area (TPSA) is 176 Å². The van der Waals surface area contributed by atoms with Crippen molar-refractivity contribution in [2.75, 3.05) is 12.3 Å². The third-order valence-electron chi connectivity index (χ3n) is 10.8. The Morgan fingerprint density at radius 2 is 0.709 bits per heavy atom. The molecule has 0 spiro atoms. The van der Waals surface area contributed by atoms with Crippen LogP contribution in [-0.4, -0.2) is 85.4 Å². The summed E-state index contributed by atoms with van der Waals surface area (Å²) < 4.78 is 71.2. The molecular weight excluding hydrogens is 754 g/mol. The van der Waals surface area contributed by atoms with Gasteiger partial charge in [0.2, 0.25) is 0 Å². The molecule has 0 aromatic rings. The van der Waals surface area contributed by atoms with Crippen LogP contribution in [0.25, 0.3) is 0 Å². The lowest BCUT2D eigenvalue weighted by molar-refractivity contribution is -0.199. The Labute approximate surface area is 328 Å². The van der Waals surface area contributed by atoms with Gasteiger partial charge < -0.3 is 28.4 Å². The number of rotatable bonds is 22. The average molecular weight is 821 g/mol. The van der Waals surface area contributed by atoms with Crippen molar-refractivity contribution < 1.29 is 65.8 Å². The summed E-state index contributed by atoms with van der Waals surface area (Å²) >= 11 is 0. The van der Waals surface area contributed by atoms with E-state index in [1.54, 1.807) is 0 Å². The Kier molecular flexibility index (Phi) is 21.3. The second kappa shape index (κ2) is 25.5. The first-order valence-corrected chi connectivity index (χ1v) is 24.1. The lowest BCUT2D eigenvalue weighted by Gasteiger charge is -2.27. The van der Waals surface area contributed by atoms with E-state index in [1.807, 2.05) is 0 Å². The molecule has 0 amide bonds. The summed E-state index contributed by atoms with van der Waals surface area (Å²) in [5, 5.41) is 0. The number of esters is 4. The highest BCUT2D eigenvalue weighted by Gasteiger charge is 2.34. The fourth-order valence-electron chi connectivity index (χ4n) is 7.51. The van der Waals surface area contributed by atoms with Gasteiger partial charge in [0.1, 0.15) is 24.4 Å². The minimum absolute atomic E-state index is 0.115. The standard InChI is InChI=1S/C39H66O14P2/c1-28(34(40)48-30-18-8-3-9-19-30)46-38(36(42)50-32-22-12-5-13-23-32)52-54(44)26-16-7-17-27-55(45)53-39(37(43)51-33-24-14-6-15-25-33)47-29(2)35(41)49-31-20-10-4-11-21-31/h28-33,38-39,54-55H,3-27H2,1-2H3. The van der Waals surface area contributed by atoms with Gasteiger partial charge in [-0.1, -0.05) is 32.1 Å². The Morgan fingerprint density at radius 1 is 0.436 bits per heavy atom. The van der Waals surface area contributed by atoms with Crippen LogP contribution in [0.3, 0.4) is 0 Å². The number of carbonyl (C=O) groups excluding carboxylic acids is 4. The van der Waals surface area contributed by atoms with E-state index in [2.05, 4.69) is 0 Å². The minimum Gasteiger partial charge on any atom is -0.460 e. The van der Waals surface area contributed by atoms with Gasteiger partial charge in [-0.2, -0.15) is 0 Å². The van der Waals surface area contributed by atoms with E-state index in [9.17, 15) is 28.3 Å². The van der Waals surface area contributed by atoms with Gasteiger partial charge >= 0.3 is 23.9 Å². The molecule has 0 aromatic heterocycles. The van der Waals surface area contributed by atoms with E-state index in [0.717, 1.165) is 128 Å². The fourth-order valence-corrected chi connectivity index (χ4v) is 9.60. The summed E-state index contributed by atoms with van der Waals surface area (Å²) in [5.41, 5.74) is 0. The monoisotopic (exact) mass is 820 g/mol. The molecule has 0 N–H and O–H groups in total. The fraction of sp³-hybridized carbons (Fsp3) is 0.897. The van der Waals surface area contributed by atoms with E-state index in [-0.39, 0.29) is 36.7 Å². The van der Waals surface area contributed by atoms with Crippen LogP contribution in [-0.2, 0) is 65.8 Å². The van der Waals surface area contributed by atoms with Gasteiger partial charge in [-0.15, -0.1) is 0 Å². The van der Waals surface area contributed by atoms with E-state index in [1.165, 1.54) is 13.8 Å². The minimum atomic E-state index is -2.80. The SMILES string of the molecule is CC(OC(O[PH](=O)CCCCC[PH](=O)OC(OC(C)C(=O)OC1CCCCC1)C(=O)OC1CCCCC1)C(=O)OC1CCCCC1)C(=O)OC1CCCCC1. The predicted octanol–water partition coefficient (Wildman–Crippen LogP) is 8.11. The molecule has 4 saturated carbocycles. The van der Waals surface area contributed by atoms with Crippen LogP contribution in [0.15, 0.2) is 0 Å². The molecular formula is C39H66O14P2. The molecule has 6 atom stereocenters. The van der Waals surface area contributed by atoms with Crippen molar-refractivity contribution in [1.29, 1.82) is 0 Å². The van der Waals surface area contributed by atoms with Gasteiger partial charge in [0, 0.05) is 12.3 Å². The summed E-state index contributed by atoms with van der Waals surface area (Å²) in [5.74, 6) is -2.83. The van der Waals surface area contributed by atoms with Gasteiger partial charge in [0.05, 0.1) is 0 Å².